The minimum absolute atomic E-state index is 0.101. The van der Waals surface area contributed by atoms with Crippen molar-refractivity contribution in [2.75, 3.05) is 26.2 Å². The van der Waals surface area contributed by atoms with Gasteiger partial charge in [-0.15, -0.1) is 0 Å². The SMILES string of the molecule is C/C(=C(\C#N)C(N)=S)N1CCN(C(=O)OC(C)(C)C)CC1. The number of ether oxygens (including phenoxy) is 1. The first-order valence-electron chi connectivity index (χ1n) is 6.79. The third-order valence-electron chi connectivity index (χ3n) is 3.13. The zero-order chi connectivity index (χ0) is 16.2. The first-order chi connectivity index (χ1) is 9.65. The van der Waals surface area contributed by atoms with E-state index >= 15 is 0 Å². The highest BCUT2D eigenvalue weighted by Gasteiger charge is 2.26. The van der Waals surface area contributed by atoms with Crippen LogP contribution in [0.1, 0.15) is 27.7 Å². The molecule has 0 bridgehead atoms. The van der Waals surface area contributed by atoms with Crippen LogP contribution in [0.15, 0.2) is 11.3 Å². The van der Waals surface area contributed by atoms with E-state index in [1.807, 2.05) is 38.7 Å². The van der Waals surface area contributed by atoms with Crippen molar-refractivity contribution in [2.45, 2.75) is 33.3 Å². The molecular weight excluding hydrogens is 288 g/mol. The summed E-state index contributed by atoms with van der Waals surface area (Å²) in [7, 11) is 0. The largest absolute Gasteiger partial charge is 0.444 e. The van der Waals surface area contributed by atoms with Gasteiger partial charge in [0.15, 0.2) is 0 Å². The summed E-state index contributed by atoms with van der Waals surface area (Å²) in [5.74, 6) is 0. The van der Waals surface area contributed by atoms with Crippen molar-refractivity contribution in [1.29, 1.82) is 5.26 Å². The van der Waals surface area contributed by atoms with Crippen LogP contribution in [0.25, 0.3) is 0 Å². The van der Waals surface area contributed by atoms with Gasteiger partial charge in [0.05, 0.1) is 0 Å². The van der Waals surface area contributed by atoms with Crippen molar-refractivity contribution < 1.29 is 9.53 Å². The molecule has 0 aliphatic carbocycles. The number of hydrogen-bond donors (Lipinski definition) is 1. The second-order valence-electron chi connectivity index (χ2n) is 5.89. The predicted molar refractivity (Wildman–Crippen MR) is 84.5 cm³/mol. The lowest BCUT2D eigenvalue weighted by Crippen LogP contribution is -2.49. The van der Waals surface area contributed by atoms with Gasteiger partial charge >= 0.3 is 6.09 Å². The van der Waals surface area contributed by atoms with E-state index in [2.05, 4.69) is 0 Å². The van der Waals surface area contributed by atoms with Crippen molar-refractivity contribution in [3.63, 3.8) is 0 Å². The summed E-state index contributed by atoms with van der Waals surface area (Å²) >= 11 is 4.87. The third kappa shape index (κ3) is 4.90. The van der Waals surface area contributed by atoms with Gasteiger partial charge in [-0.1, -0.05) is 12.2 Å². The number of carbonyl (C=O) groups excluding carboxylic acids is 1. The number of nitrogens with zero attached hydrogens (tertiary/aromatic N) is 3. The standard InChI is InChI=1S/C14H22N4O2S/c1-10(11(9-15)12(16)21)17-5-7-18(8-6-17)13(19)20-14(2,3)4/h5-8H2,1-4H3,(H2,16,21)/b11-10-. The van der Waals surface area contributed by atoms with Crippen LogP contribution < -0.4 is 5.73 Å². The molecule has 0 unspecified atom stereocenters. The Morgan fingerprint density at radius 2 is 1.71 bits per heavy atom. The van der Waals surface area contributed by atoms with E-state index in [9.17, 15) is 4.79 Å². The van der Waals surface area contributed by atoms with E-state index < -0.39 is 5.60 Å². The maximum atomic E-state index is 12.0. The number of hydrogen-bond acceptors (Lipinski definition) is 5. The summed E-state index contributed by atoms with van der Waals surface area (Å²) in [5.41, 5.74) is 6.13. The topological polar surface area (TPSA) is 82.6 Å². The molecule has 21 heavy (non-hydrogen) atoms. The maximum absolute atomic E-state index is 12.0. The lowest BCUT2D eigenvalue weighted by Gasteiger charge is -2.37. The second-order valence-corrected chi connectivity index (χ2v) is 6.33. The van der Waals surface area contributed by atoms with Crippen LogP contribution >= 0.6 is 12.2 Å². The molecule has 1 fully saturated rings. The van der Waals surface area contributed by atoms with Gasteiger partial charge in [-0.25, -0.2) is 4.79 Å². The fourth-order valence-corrected chi connectivity index (χ4v) is 2.22. The monoisotopic (exact) mass is 310 g/mol. The lowest BCUT2D eigenvalue weighted by molar-refractivity contribution is 0.0168. The minimum atomic E-state index is -0.496. The Morgan fingerprint density at radius 3 is 2.10 bits per heavy atom. The molecule has 1 heterocycles. The quantitative estimate of drug-likeness (QED) is 0.474. The molecule has 0 radical (unpaired) electrons. The van der Waals surface area contributed by atoms with Gasteiger partial charge < -0.3 is 20.3 Å². The summed E-state index contributed by atoms with van der Waals surface area (Å²) < 4.78 is 5.34. The lowest BCUT2D eigenvalue weighted by atomic mass is 10.2. The predicted octanol–water partition coefficient (Wildman–Crippen LogP) is 1.62. The normalized spacial score (nSPS) is 16.9. The number of allylic oxidation sites excluding steroid dienone is 1. The van der Waals surface area contributed by atoms with E-state index in [1.165, 1.54) is 0 Å². The number of nitriles is 1. The first kappa shape index (κ1) is 17.2. The summed E-state index contributed by atoms with van der Waals surface area (Å²) in [6.07, 6.45) is -0.307. The number of nitrogens with two attached hydrogens (primary N) is 1. The molecule has 0 spiro atoms. The zero-order valence-electron chi connectivity index (χ0n) is 13.0. The van der Waals surface area contributed by atoms with Gasteiger partial charge in [0.1, 0.15) is 22.2 Å². The molecule has 116 valence electrons. The molecule has 1 aliphatic rings. The number of piperazine rings is 1. The summed E-state index contributed by atoms with van der Waals surface area (Å²) in [6, 6.07) is 2.03. The van der Waals surface area contributed by atoms with Crippen molar-refractivity contribution in [3.05, 3.63) is 11.3 Å². The van der Waals surface area contributed by atoms with Crippen LogP contribution in [0.5, 0.6) is 0 Å². The Hall–Kier alpha value is -1.81. The van der Waals surface area contributed by atoms with E-state index in [0.29, 0.717) is 31.8 Å². The van der Waals surface area contributed by atoms with Crippen molar-refractivity contribution in [3.8, 4) is 6.07 Å². The first-order valence-corrected chi connectivity index (χ1v) is 7.20. The van der Waals surface area contributed by atoms with Crippen LogP contribution in [0.3, 0.4) is 0 Å². The molecule has 1 saturated heterocycles. The maximum Gasteiger partial charge on any atom is 0.410 e. The van der Waals surface area contributed by atoms with Crippen molar-refractivity contribution in [1.82, 2.24) is 9.80 Å². The molecule has 2 N–H and O–H groups in total. The van der Waals surface area contributed by atoms with E-state index in [4.69, 9.17) is 28.0 Å². The van der Waals surface area contributed by atoms with Gasteiger partial charge in [-0.3, -0.25) is 0 Å². The zero-order valence-corrected chi connectivity index (χ0v) is 13.8. The van der Waals surface area contributed by atoms with Crippen molar-refractivity contribution >= 4 is 23.3 Å². The fraction of sp³-hybridized carbons (Fsp3) is 0.643. The van der Waals surface area contributed by atoms with Crippen molar-refractivity contribution in [2.24, 2.45) is 5.73 Å². The van der Waals surface area contributed by atoms with E-state index in [1.54, 1.807) is 4.90 Å². The second kappa shape index (κ2) is 6.76. The molecule has 0 saturated carbocycles. The molecular formula is C14H22N4O2S. The highest BCUT2D eigenvalue weighted by atomic mass is 32.1. The highest BCUT2D eigenvalue weighted by molar-refractivity contribution is 7.80. The summed E-state index contributed by atoms with van der Waals surface area (Å²) in [4.78, 5) is 15.8. The van der Waals surface area contributed by atoms with Crippen LogP contribution in [0.2, 0.25) is 0 Å². The van der Waals surface area contributed by atoms with Crippen LogP contribution in [0, 0.1) is 11.3 Å². The number of thiocarbonyl (C=S) groups is 1. The Kier molecular flexibility index (Phi) is 5.55. The van der Waals surface area contributed by atoms with Crippen LogP contribution in [-0.2, 0) is 4.74 Å². The Bertz CT molecular complexity index is 494. The molecule has 0 atom stereocenters. The van der Waals surface area contributed by atoms with Crippen LogP contribution in [0.4, 0.5) is 4.79 Å². The van der Waals surface area contributed by atoms with Gasteiger partial charge in [0.25, 0.3) is 0 Å². The molecule has 6 nitrogen and oxygen atoms in total. The Labute approximate surface area is 131 Å². The molecule has 1 rings (SSSR count). The van der Waals surface area contributed by atoms with Gasteiger partial charge in [0, 0.05) is 31.9 Å². The summed E-state index contributed by atoms with van der Waals surface area (Å²) in [6.45, 7) is 9.68. The fourth-order valence-electron chi connectivity index (χ4n) is 2.02. The number of carbonyl (C=O) groups is 1. The average molecular weight is 310 g/mol. The molecule has 0 aromatic carbocycles. The number of amides is 1. The molecule has 1 aliphatic heterocycles. The van der Waals surface area contributed by atoms with Crippen LogP contribution in [-0.4, -0.2) is 52.7 Å². The van der Waals surface area contributed by atoms with Gasteiger partial charge in [0.2, 0.25) is 0 Å². The molecule has 7 heteroatoms. The van der Waals surface area contributed by atoms with E-state index in [0.717, 1.165) is 5.70 Å². The Morgan fingerprint density at radius 1 is 1.24 bits per heavy atom. The summed E-state index contributed by atoms with van der Waals surface area (Å²) in [5, 5.41) is 9.08. The molecule has 0 aromatic rings. The van der Waals surface area contributed by atoms with E-state index in [-0.39, 0.29) is 11.1 Å². The average Bonchev–Trinajstić information content (AvgIpc) is 2.37. The number of rotatable bonds is 2. The minimum Gasteiger partial charge on any atom is -0.444 e. The van der Waals surface area contributed by atoms with Gasteiger partial charge in [-0.2, -0.15) is 5.26 Å². The highest BCUT2D eigenvalue weighted by Crippen LogP contribution is 2.16. The van der Waals surface area contributed by atoms with Gasteiger partial charge in [-0.05, 0) is 27.7 Å². The Balaban J connectivity index is 2.67. The smallest absolute Gasteiger partial charge is 0.410 e. The molecule has 0 aromatic heterocycles. The third-order valence-corrected chi connectivity index (χ3v) is 3.33. The molecule has 1 amide bonds.